The van der Waals surface area contributed by atoms with Gasteiger partial charge in [0.2, 0.25) is 0 Å². The molecule has 2 aromatic rings. The Morgan fingerprint density at radius 1 is 1.25 bits per heavy atom. The van der Waals surface area contributed by atoms with Crippen molar-refractivity contribution in [2.24, 2.45) is 0 Å². The van der Waals surface area contributed by atoms with Gasteiger partial charge in [-0.2, -0.15) is 0 Å². The number of anilines is 2. The van der Waals surface area contributed by atoms with Gasteiger partial charge in [-0.1, -0.05) is 17.7 Å². The number of sulfonamides is 1. The van der Waals surface area contributed by atoms with Crippen molar-refractivity contribution in [1.82, 2.24) is 0 Å². The minimum Gasteiger partial charge on any atom is -0.397 e. The smallest absolute Gasteiger partial charge is 0.262 e. The van der Waals surface area contributed by atoms with Gasteiger partial charge in [-0.25, -0.2) is 12.8 Å². The minimum atomic E-state index is -3.89. The molecule has 106 valence electrons. The molecule has 0 radical (unpaired) electrons. The number of benzene rings is 2. The quantitative estimate of drug-likeness (QED) is 0.855. The van der Waals surface area contributed by atoms with Crippen LogP contribution >= 0.6 is 11.6 Å². The molecule has 2 aromatic carbocycles. The summed E-state index contributed by atoms with van der Waals surface area (Å²) in [5.41, 5.74) is 6.31. The third-order valence-electron chi connectivity index (χ3n) is 2.71. The third kappa shape index (κ3) is 2.86. The van der Waals surface area contributed by atoms with Gasteiger partial charge in [-0.3, -0.25) is 4.72 Å². The summed E-state index contributed by atoms with van der Waals surface area (Å²) < 4.78 is 39.9. The highest BCUT2D eigenvalue weighted by molar-refractivity contribution is 7.92. The van der Waals surface area contributed by atoms with Crippen molar-refractivity contribution < 1.29 is 12.8 Å². The first-order chi connectivity index (χ1) is 9.31. The highest BCUT2D eigenvalue weighted by Crippen LogP contribution is 2.30. The third-order valence-corrected chi connectivity index (χ3v) is 4.53. The Morgan fingerprint density at radius 2 is 1.95 bits per heavy atom. The molecular weight excluding hydrogens is 303 g/mol. The van der Waals surface area contributed by atoms with Crippen LogP contribution in [0.1, 0.15) is 5.56 Å². The molecule has 0 aliphatic rings. The zero-order valence-corrected chi connectivity index (χ0v) is 12.1. The van der Waals surface area contributed by atoms with Crippen molar-refractivity contribution in [3.05, 3.63) is 52.8 Å². The molecule has 0 bridgehead atoms. The van der Waals surface area contributed by atoms with Crippen LogP contribution in [0, 0.1) is 12.7 Å². The summed E-state index contributed by atoms with van der Waals surface area (Å²) in [6, 6.07) is 8.08. The van der Waals surface area contributed by atoms with E-state index in [0.29, 0.717) is 5.56 Å². The van der Waals surface area contributed by atoms with Crippen LogP contribution in [-0.4, -0.2) is 8.42 Å². The van der Waals surface area contributed by atoms with Crippen molar-refractivity contribution >= 4 is 33.0 Å². The second-order valence-corrected chi connectivity index (χ2v) is 6.28. The lowest BCUT2D eigenvalue weighted by atomic mass is 10.2. The number of nitrogens with two attached hydrogens (primary N) is 1. The molecule has 0 fully saturated rings. The molecule has 0 aliphatic carbocycles. The molecule has 7 heteroatoms. The van der Waals surface area contributed by atoms with Gasteiger partial charge in [0.25, 0.3) is 10.0 Å². The Labute approximate surface area is 121 Å². The zero-order valence-electron chi connectivity index (χ0n) is 10.5. The first-order valence-corrected chi connectivity index (χ1v) is 7.50. The van der Waals surface area contributed by atoms with E-state index in [2.05, 4.69) is 4.72 Å². The topological polar surface area (TPSA) is 72.2 Å². The monoisotopic (exact) mass is 314 g/mol. The molecule has 20 heavy (non-hydrogen) atoms. The molecule has 0 spiro atoms. The molecule has 0 atom stereocenters. The Hall–Kier alpha value is -1.79. The average molecular weight is 315 g/mol. The molecule has 0 unspecified atom stereocenters. The van der Waals surface area contributed by atoms with Gasteiger partial charge in [0.05, 0.1) is 21.3 Å². The van der Waals surface area contributed by atoms with E-state index in [4.69, 9.17) is 17.3 Å². The van der Waals surface area contributed by atoms with Crippen LogP contribution in [0.5, 0.6) is 0 Å². The summed E-state index contributed by atoms with van der Waals surface area (Å²) in [6.45, 7) is 1.51. The van der Waals surface area contributed by atoms with E-state index in [-0.39, 0.29) is 21.3 Å². The predicted molar refractivity (Wildman–Crippen MR) is 77.8 cm³/mol. The molecule has 0 heterocycles. The van der Waals surface area contributed by atoms with Crippen LogP contribution < -0.4 is 10.5 Å². The van der Waals surface area contributed by atoms with Crippen LogP contribution in [0.3, 0.4) is 0 Å². The molecular formula is C13H12ClFN2O2S. The number of halogens is 2. The number of nitrogen functional groups attached to an aromatic ring is 1. The van der Waals surface area contributed by atoms with Gasteiger partial charge < -0.3 is 5.73 Å². The van der Waals surface area contributed by atoms with E-state index < -0.39 is 15.8 Å². The van der Waals surface area contributed by atoms with E-state index in [0.717, 1.165) is 12.1 Å². The van der Waals surface area contributed by atoms with Gasteiger partial charge in [0.15, 0.2) is 0 Å². The molecule has 2 rings (SSSR count). The maximum absolute atomic E-state index is 13.0. The first-order valence-electron chi connectivity index (χ1n) is 5.64. The van der Waals surface area contributed by atoms with Gasteiger partial charge in [0.1, 0.15) is 5.82 Å². The second-order valence-electron chi connectivity index (χ2n) is 4.22. The zero-order chi connectivity index (χ0) is 14.9. The summed E-state index contributed by atoms with van der Waals surface area (Å²) in [5.74, 6) is -0.501. The lowest BCUT2D eigenvalue weighted by Gasteiger charge is -2.13. The Morgan fingerprint density at radius 3 is 2.55 bits per heavy atom. The minimum absolute atomic E-state index is 0.0294. The van der Waals surface area contributed by atoms with Crippen LogP contribution in [0.4, 0.5) is 15.8 Å². The Bertz CT molecular complexity index is 743. The van der Waals surface area contributed by atoms with Crippen molar-refractivity contribution in [3.8, 4) is 0 Å². The maximum atomic E-state index is 13.0. The fourth-order valence-corrected chi connectivity index (χ4v) is 3.37. The van der Waals surface area contributed by atoms with Crippen molar-refractivity contribution in [2.75, 3.05) is 10.5 Å². The van der Waals surface area contributed by atoms with Crippen LogP contribution in [0.2, 0.25) is 5.02 Å². The largest absolute Gasteiger partial charge is 0.397 e. The summed E-state index contributed by atoms with van der Waals surface area (Å²) in [7, 11) is -3.89. The summed E-state index contributed by atoms with van der Waals surface area (Å²) in [6.07, 6.45) is 0. The fraction of sp³-hybridized carbons (Fsp3) is 0.0769. The maximum Gasteiger partial charge on any atom is 0.262 e. The number of aryl methyl sites for hydroxylation is 1. The molecule has 4 nitrogen and oxygen atoms in total. The molecule has 0 saturated heterocycles. The number of hydrogen-bond acceptors (Lipinski definition) is 3. The lowest BCUT2D eigenvalue weighted by Crippen LogP contribution is -2.15. The van der Waals surface area contributed by atoms with Crippen molar-refractivity contribution in [2.45, 2.75) is 11.8 Å². The van der Waals surface area contributed by atoms with Crippen LogP contribution in [-0.2, 0) is 10.0 Å². The average Bonchev–Trinajstić information content (AvgIpc) is 2.33. The highest BCUT2D eigenvalue weighted by Gasteiger charge is 2.19. The Balaban J connectivity index is 2.46. The highest BCUT2D eigenvalue weighted by atomic mass is 35.5. The van der Waals surface area contributed by atoms with Gasteiger partial charge >= 0.3 is 0 Å². The van der Waals surface area contributed by atoms with Gasteiger partial charge in [0, 0.05) is 0 Å². The number of hydrogen-bond donors (Lipinski definition) is 2. The first kappa shape index (κ1) is 14.6. The molecule has 0 aliphatic heterocycles. The van der Waals surface area contributed by atoms with E-state index in [1.54, 1.807) is 6.07 Å². The number of nitrogens with one attached hydrogen (secondary N) is 1. The van der Waals surface area contributed by atoms with E-state index in [1.807, 2.05) is 0 Å². The van der Waals surface area contributed by atoms with Gasteiger partial charge in [-0.15, -0.1) is 0 Å². The molecule has 0 aromatic heterocycles. The summed E-state index contributed by atoms with van der Waals surface area (Å²) in [4.78, 5) is -0.0294. The van der Waals surface area contributed by atoms with E-state index in [1.165, 1.54) is 25.1 Å². The normalized spacial score (nSPS) is 11.3. The number of para-hydroxylation sites is 1. The molecule has 0 amide bonds. The second kappa shape index (κ2) is 5.30. The van der Waals surface area contributed by atoms with E-state index in [9.17, 15) is 12.8 Å². The number of rotatable bonds is 3. The molecule has 0 saturated carbocycles. The SMILES string of the molecule is Cc1cc(F)ccc1S(=O)(=O)Nc1c(N)cccc1Cl. The fourth-order valence-electron chi connectivity index (χ4n) is 1.75. The Kier molecular flexibility index (Phi) is 3.87. The lowest BCUT2D eigenvalue weighted by molar-refractivity contribution is 0.598. The predicted octanol–water partition coefficient (Wildman–Crippen LogP) is 3.17. The summed E-state index contributed by atoms with van der Waals surface area (Å²) >= 11 is 5.92. The van der Waals surface area contributed by atoms with Gasteiger partial charge in [-0.05, 0) is 42.8 Å². The standard InChI is InChI=1S/C13H12ClFN2O2S/c1-8-7-9(15)5-6-12(8)20(18,19)17-13-10(14)3-2-4-11(13)16/h2-7,17H,16H2,1H3. The van der Waals surface area contributed by atoms with E-state index >= 15 is 0 Å². The summed E-state index contributed by atoms with van der Waals surface area (Å²) in [5, 5.41) is 0.188. The van der Waals surface area contributed by atoms with Crippen LogP contribution in [0.15, 0.2) is 41.3 Å². The van der Waals surface area contributed by atoms with Crippen molar-refractivity contribution in [3.63, 3.8) is 0 Å². The molecule has 3 N–H and O–H groups in total. The van der Waals surface area contributed by atoms with Crippen LogP contribution in [0.25, 0.3) is 0 Å². The van der Waals surface area contributed by atoms with Crippen molar-refractivity contribution in [1.29, 1.82) is 0 Å².